The SMILES string of the molecule is CC(C)COc1cccc(C(=O)Nc2cccc(C(=O)NCc3ccccc3)c2)c1. The summed E-state index contributed by atoms with van der Waals surface area (Å²) >= 11 is 0. The van der Waals surface area contributed by atoms with Crippen LogP contribution in [0, 0.1) is 5.92 Å². The fourth-order valence-electron chi connectivity index (χ4n) is 2.81. The highest BCUT2D eigenvalue weighted by atomic mass is 16.5. The lowest BCUT2D eigenvalue weighted by Gasteiger charge is -2.11. The first-order valence-electron chi connectivity index (χ1n) is 9.97. The van der Waals surface area contributed by atoms with Gasteiger partial charge < -0.3 is 15.4 Å². The largest absolute Gasteiger partial charge is 0.493 e. The molecule has 0 heterocycles. The van der Waals surface area contributed by atoms with Crippen molar-refractivity contribution >= 4 is 17.5 Å². The number of carbonyl (C=O) groups is 2. The molecule has 3 aromatic carbocycles. The second-order valence-corrected chi connectivity index (χ2v) is 7.44. The summed E-state index contributed by atoms with van der Waals surface area (Å²) < 4.78 is 5.69. The van der Waals surface area contributed by atoms with E-state index in [0.29, 0.717) is 41.6 Å². The highest BCUT2D eigenvalue weighted by Gasteiger charge is 2.10. The molecule has 0 aromatic heterocycles. The van der Waals surface area contributed by atoms with Gasteiger partial charge >= 0.3 is 0 Å². The maximum Gasteiger partial charge on any atom is 0.255 e. The zero-order chi connectivity index (χ0) is 21.3. The van der Waals surface area contributed by atoms with Gasteiger partial charge in [-0.05, 0) is 47.9 Å². The Morgan fingerprint density at radius 1 is 0.833 bits per heavy atom. The lowest BCUT2D eigenvalue weighted by atomic mass is 10.1. The van der Waals surface area contributed by atoms with Crippen molar-refractivity contribution in [3.63, 3.8) is 0 Å². The Morgan fingerprint density at radius 2 is 1.53 bits per heavy atom. The van der Waals surface area contributed by atoms with Crippen LogP contribution >= 0.6 is 0 Å². The van der Waals surface area contributed by atoms with Crippen LogP contribution in [0.2, 0.25) is 0 Å². The topological polar surface area (TPSA) is 67.4 Å². The number of hydrogen-bond donors (Lipinski definition) is 2. The molecule has 0 fully saturated rings. The van der Waals surface area contributed by atoms with Gasteiger partial charge in [0.1, 0.15) is 5.75 Å². The molecule has 2 N–H and O–H groups in total. The summed E-state index contributed by atoms with van der Waals surface area (Å²) in [5, 5.41) is 5.73. The summed E-state index contributed by atoms with van der Waals surface area (Å²) in [5.41, 5.74) is 2.56. The quantitative estimate of drug-likeness (QED) is 0.563. The third-order valence-electron chi connectivity index (χ3n) is 4.36. The maximum absolute atomic E-state index is 12.6. The van der Waals surface area contributed by atoms with Crippen LogP contribution in [0.15, 0.2) is 78.9 Å². The minimum atomic E-state index is -0.258. The number of ether oxygens (including phenoxy) is 1. The zero-order valence-corrected chi connectivity index (χ0v) is 17.2. The maximum atomic E-state index is 12.6. The molecule has 0 aliphatic heterocycles. The molecule has 0 saturated carbocycles. The smallest absolute Gasteiger partial charge is 0.255 e. The van der Waals surface area contributed by atoms with E-state index in [4.69, 9.17) is 4.74 Å². The van der Waals surface area contributed by atoms with Gasteiger partial charge in [0.2, 0.25) is 0 Å². The van der Waals surface area contributed by atoms with E-state index >= 15 is 0 Å². The number of rotatable bonds is 8. The van der Waals surface area contributed by atoms with E-state index in [-0.39, 0.29) is 11.8 Å². The highest BCUT2D eigenvalue weighted by Crippen LogP contribution is 2.17. The first-order chi connectivity index (χ1) is 14.5. The molecule has 0 atom stereocenters. The van der Waals surface area contributed by atoms with Gasteiger partial charge in [-0.15, -0.1) is 0 Å². The Morgan fingerprint density at radius 3 is 2.27 bits per heavy atom. The summed E-state index contributed by atoms with van der Waals surface area (Å²) in [5.74, 6) is 0.606. The van der Waals surface area contributed by atoms with Crippen molar-refractivity contribution < 1.29 is 14.3 Å². The average molecular weight is 402 g/mol. The van der Waals surface area contributed by atoms with Crippen molar-refractivity contribution in [1.29, 1.82) is 0 Å². The second-order valence-electron chi connectivity index (χ2n) is 7.44. The van der Waals surface area contributed by atoms with Crippen molar-refractivity contribution in [2.24, 2.45) is 5.92 Å². The summed E-state index contributed by atoms with van der Waals surface area (Å²) in [4.78, 5) is 25.1. The molecule has 0 radical (unpaired) electrons. The van der Waals surface area contributed by atoms with Crippen molar-refractivity contribution in [3.05, 3.63) is 95.6 Å². The first-order valence-corrected chi connectivity index (χ1v) is 9.97. The van der Waals surface area contributed by atoms with E-state index in [0.717, 1.165) is 5.56 Å². The van der Waals surface area contributed by atoms with Crippen LogP contribution in [-0.2, 0) is 6.54 Å². The third-order valence-corrected chi connectivity index (χ3v) is 4.36. The number of nitrogens with one attached hydrogen (secondary N) is 2. The molecule has 0 bridgehead atoms. The average Bonchev–Trinajstić information content (AvgIpc) is 2.77. The number of hydrogen-bond acceptors (Lipinski definition) is 3. The van der Waals surface area contributed by atoms with Crippen molar-refractivity contribution in [3.8, 4) is 5.75 Å². The zero-order valence-electron chi connectivity index (χ0n) is 17.2. The Balaban J connectivity index is 1.62. The molecule has 0 aliphatic carbocycles. The molecule has 0 aliphatic rings. The second kappa shape index (κ2) is 10.3. The number of amides is 2. The molecule has 2 amide bonds. The van der Waals surface area contributed by atoms with E-state index in [1.807, 2.05) is 36.4 Å². The van der Waals surface area contributed by atoms with E-state index in [2.05, 4.69) is 24.5 Å². The Kier molecular flexibility index (Phi) is 7.22. The van der Waals surface area contributed by atoms with Crippen LogP contribution in [0.3, 0.4) is 0 Å². The Hall–Kier alpha value is -3.60. The van der Waals surface area contributed by atoms with Crippen molar-refractivity contribution in [2.75, 3.05) is 11.9 Å². The van der Waals surface area contributed by atoms with Crippen LogP contribution in [0.5, 0.6) is 5.75 Å². The number of carbonyl (C=O) groups excluding carboxylic acids is 2. The highest BCUT2D eigenvalue weighted by molar-refractivity contribution is 6.05. The molecule has 3 rings (SSSR count). The lowest BCUT2D eigenvalue weighted by Crippen LogP contribution is -2.23. The predicted octanol–water partition coefficient (Wildman–Crippen LogP) is 4.90. The van der Waals surface area contributed by atoms with Crippen LogP contribution in [0.1, 0.15) is 40.1 Å². The Labute approximate surface area is 177 Å². The monoisotopic (exact) mass is 402 g/mol. The van der Waals surface area contributed by atoms with Crippen LogP contribution in [0.25, 0.3) is 0 Å². The van der Waals surface area contributed by atoms with Crippen molar-refractivity contribution in [2.45, 2.75) is 20.4 Å². The van der Waals surface area contributed by atoms with Crippen molar-refractivity contribution in [1.82, 2.24) is 5.32 Å². The summed E-state index contributed by atoms with van der Waals surface area (Å²) in [6.45, 7) is 5.17. The number of benzene rings is 3. The molecule has 0 unspecified atom stereocenters. The minimum absolute atomic E-state index is 0.195. The van der Waals surface area contributed by atoms with Gasteiger partial charge in [-0.1, -0.05) is 56.3 Å². The molecule has 5 heteroatoms. The molecular weight excluding hydrogens is 376 g/mol. The van der Waals surface area contributed by atoms with Gasteiger partial charge in [0.25, 0.3) is 11.8 Å². The summed E-state index contributed by atoms with van der Waals surface area (Å²) in [6.07, 6.45) is 0. The van der Waals surface area contributed by atoms with Crippen LogP contribution in [0.4, 0.5) is 5.69 Å². The lowest BCUT2D eigenvalue weighted by molar-refractivity contribution is 0.0949. The summed E-state index contributed by atoms with van der Waals surface area (Å²) in [7, 11) is 0. The van der Waals surface area contributed by atoms with Crippen LogP contribution < -0.4 is 15.4 Å². The molecule has 3 aromatic rings. The van der Waals surface area contributed by atoms with Gasteiger partial charge in [-0.2, -0.15) is 0 Å². The van der Waals surface area contributed by atoms with Crippen LogP contribution in [-0.4, -0.2) is 18.4 Å². The minimum Gasteiger partial charge on any atom is -0.493 e. The van der Waals surface area contributed by atoms with E-state index in [9.17, 15) is 9.59 Å². The fraction of sp³-hybridized carbons (Fsp3) is 0.200. The molecule has 154 valence electrons. The van der Waals surface area contributed by atoms with E-state index in [1.54, 1.807) is 42.5 Å². The molecule has 30 heavy (non-hydrogen) atoms. The molecule has 0 spiro atoms. The molecule has 5 nitrogen and oxygen atoms in total. The van der Waals surface area contributed by atoms with Gasteiger partial charge in [0.05, 0.1) is 6.61 Å². The predicted molar refractivity (Wildman–Crippen MR) is 119 cm³/mol. The normalized spacial score (nSPS) is 10.5. The fourth-order valence-corrected chi connectivity index (χ4v) is 2.81. The molecule has 0 saturated heterocycles. The summed E-state index contributed by atoms with van der Waals surface area (Å²) in [6, 6.07) is 23.7. The first kappa shape index (κ1) is 21.1. The van der Waals surface area contributed by atoms with E-state index in [1.165, 1.54) is 0 Å². The third kappa shape index (κ3) is 6.21. The van der Waals surface area contributed by atoms with Gasteiger partial charge in [-0.3, -0.25) is 9.59 Å². The van der Waals surface area contributed by atoms with Gasteiger partial charge in [0, 0.05) is 23.4 Å². The van der Waals surface area contributed by atoms with Gasteiger partial charge in [0.15, 0.2) is 0 Å². The molecular formula is C25H26N2O3. The van der Waals surface area contributed by atoms with E-state index < -0.39 is 0 Å². The Bertz CT molecular complexity index is 1000. The number of anilines is 1. The van der Waals surface area contributed by atoms with Gasteiger partial charge in [-0.25, -0.2) is 0 Å². The standard InChI is InChI=1S/C25H26N2O3/c1-18(2)17-30-23-13-7-11-21(15-23)25(29)27-22-12-6-10-20(14-22)24(28)26-16-19-8-4-3-5-9-19/h3-15,18H,16-17H2,1-2H3,(H,26,28)(H,27,29).